The molecular formula is C9H8ClN3S. The van der Waals surface area contributed by atoms with Crippen LogP contribution in [0.1, 0.15) is 5.56 Å². The standard InChI is InChI=1S/C9H8ClN3S/c1-5-4-6(10)2-3-7(5)8-12-13-9(11)14-8/h2-4H,1H3,(H2,11,13). The Morgan fingerprint density at radius 3 is 2.71 bits per heavy atom. The molecule has 0 aliphatic carbocycles. The molecule has 0 unspecified atom stereocenters. The summed E-state index contributed by atoms with van der Waals surface area (Å²) in [6.07, 6.45) is 0. The van der Waals surface area contributed by atoms with Crippen LogP contribution in [0, 0.1) is 6.92 Å². The fourth-order valence-electron chi connectivity index (χ4n) is 1.21. The Balaban J connectivity index is 2.52. The van der Waals surface area contributed by atoms with Crippen molar-refractivity contribution in [1.29, 1.82) is 0 Å². The van der Waals surface area contributed by atoms with Gasteiger partial charge in [-0.05, 0) is 24.6 Å². The van der Waals surface area contributed by atoms with Crippen LogP contribution in [0.15, 0.2) is 18.2 Å². The highest BCUT2D eigenvalue weighted by molar-refractivity contribution is 7.18. The molecule has 2 rings (SSSR count). The molecule has 72 valence electrons. The lowest BCUT2D eigenvalue weighted by Gasteiger charge is -2.00. The van der Waals surface area contributed by atoms with E-state index in [9.17, 15) is 0 Å². The Labute approximate surface area is 90.5 Å². The zero-order valence-corrected chi connectivity index (χ0v) is 9.06. The van der Waals surface area contributed by atoms with Gasteiger partial charge in [0.05, 0.1) is 0 Å². The van der Waals surface area contributed by atoms with Gasteiger partial charge in [0.1, 0.15) is 5.01 Å². The second kappa shape index (κ2) is 3.55. The quantitative estimate of drug-likeness (QED) is 0.812. The van der Waals surface area contributed by atoms with Crippen LogP contribution in [0.5, 0.6) is 0 Å². The maximum Gasteiger partial charge on any atom is 0.203 e. The molecule has 1 aromatic heterocycles. The molecule has 1 aromatic carbocycles. The van der Waals surface area contributed by atoms with Crippen molar-refractivity contribution in [1.82, 2.24) is 10.2 Å². The van der Waals surface area contributed by atoms with E-state index in [1.54, 1.807) is 0 Å². The van der Waals surface area contributed by atoms with E-state index in [2.05, 4.69) is 10.2 Å². The molecule has 0 amide bonds. The minimum absolute atomic E-state index is 0.481. The maximum absolute atomic E-state index is 5.85. The summed E-state index contributed by atoms with van der Waals surface area (Å²) in [5.41, 5.74) is 7.62. The Hall–Kier alpha value is -1.13. The minimum atomic E-state index is 0.481. The van der Waals surface area contributed by atoms with Gasteiger partial charge in [-0.1, -0.05) is 29.0 Å². The van der Waals surface area contributed by atoms with E-state index in [1.165, 1.54) is 11.3 Å². The number of aryl methyl sites for hydroxylation is 1. The van der Waals surface area contributed by atoms with Crippen LogP contribution in [0.3, 0.4) is 0 Å². The van der Waals surface area contributed by atoms with Gasteiger partial charge < -0.3 is 5.73 Å². The van der Waals surface area contributed by atoms with Crippen LogP contribution in [0.2, 0.25) is 5.02 Å². The van der Waals surface area contributed by atoms with Crippen molar-refractivity contribution in [2.24, 2.45) is 0 Å². The van der Waals surface area contributed by atoms with Gasteiger partial charge in [0.2, 0.25) is 5.13 Å². The van der Waals surface area contributed by atoms with Gasteiger partial charge in [-0.15, -0.1) is 10.2 Å². The zero-order chi connectivity index (χ0) is 10.1. The lowest BCUT2D eigenvalue weighted by atomic mass is 10.1. The third-order valence-corrected chi connectivity index (χ3v) is 2.88. The van der Waals surface area contributed by atoms with Crippen molar-refractivity contribution in [2.75, 3.05) is 5.73 Å². The van der Waals surface area contributed by atoms with E-state index in [1.807, 2.05) is 25.1 Å². The number of hydrogen-bond donors (Lipinski definition) is 1. The highest BCUT2D eigenvalue weighted by Crippen LogP contribution is 2.28. The molecule has 5 heteroatoms. The molecule has 3 nitrogen and oxygen atoms in total. The van der Waals surface area contributed by atoms with E-state index >= 15 is 0 Å². The molecule has 2 N–H and O–H groups in total. The predicted octanol–water partition coefficient (Wildman–Crippen LogP) is 2.75. The number of aromatic nitrogens is 2. The first-order chi connectivity index (χ1) is 6.66. The van der Waals surface area contributed by atoms with E-state index in [4.69, 9.17) is 17.3 Å². The van der Waals surface area contributed by atoms with Crippen LogP contribution < -0.4 is 5.73 Å². The summed E-state index contributed by atoms with van der Waals surface area (Å²) in [6.45, 7) is 1.98. The number of nitrogens with zero attached hydrogens (tertiary/aromatic N) is 2. The van der Waals surface area contributed by atoms with Crippen molar-refractivity contribution in [3.05, 3.63) is 28.8 Å². The molecule has 0 saturated carbocycles. The molecule has 0 aliphatic rings. The number of halogens is 1. The van der Waals surface area contributed by atoms with Crippen LogP contribution in [-0.2, 0) is 0 Å². The van der Waals surface area contributed by atoms with Gasteiger partial charge in [0.25, 0.3) is 0 Å². The summed E-state index contributed by atoms with van der Waals surface area (Å²) in [5, 5.41) is 9.78. The van der Waals surface area contributed by atoms with E-state index in [0.717, 1.165) is 21.2 Å². The number of benzene rings is 1. The van der Waals surface area contributed by atoms with Crippen molar-refractivity contribution >= 4 is 28.1 Å². The number of anilines is 1. The monoisotopic (exact) mass is 225 g/mol. The van der Waals surface area contributed by atoms with Gasteiger partial charge in [-0.3, -0.25) is 0 Å². The lowest BCUT2D eigenvalue weighted by Crippen LogP contribution is -1.82. The van der Waals surface area contributed by atoms with Gasteiger partial charge in [0, 0.05) is 10.6 Å². The summed E-state index contributed by atoms with van der Waals surface area (Å²) in [4.78, 5) is 0. The smallest absolute Gasteiger partial charge is 0.203 e. The minimum Gasteiger partial charge on any atom is -0.374 e. The van der Waals surface area contributed by atoms with E-state index < -0.39 is 0 Å². The second-order valence-corrected chi connectivity index (χ2v) is 4.35. The largest absolute Gasteiger partial charge is 0.374 e. The zero-order valence-electron chi connectivity index (χ0n) is 7.49. The number of rotatable bonds is 1. The summed E-state index contributed by atoms with van der Waals surface area (Å²) in [5.74, 6) is 0. The highest BCUT2D eigenvalue weighted by Gasteiger charge is 2.07. The Bertz CT molecular complexity index is 467. The Morgan fingerprint density at radius 2 is 2.14 bits per heavy atom. The average Bonchev–Trinajstić information content (AvgIpc) is 2.51. The summed E-state index contributed by atoms with van der Waals surface area (Å²) in [6, 6.07) is 5.66. The number of hydrogen-bond acceptors (Lipinski definition) is 4. The van der Waals surface area contributed by atoms with Crippen molar-refractivity contribution in [3.63, 3.8) is 0 Å². The third-order valence-electron chi connectivity index (χ3n) is 1.86. The number of nitrogen functional groups attached to an aromatic ring is 1. The maximum atomic E-state index is 5.85. The van der Waals surface area contributed by atoms with Gasteiger partial charge >= 0.3 is 0 Å². The van der Waals surface area contributed by atoms with Crippen LogP contribution >= 0.6 is 22.9 Å². The van der Waals surface area contributed by atoms with Gasteiger partial charge in [-0.2, -0.15) is 0 Å². The Morgan fingerprint density at radius 1 is 1.36 bits per heavy atom. The van der Waals surface area contributed by atoms with Gasteiger partial charge in [-0.25, -0.2) is 0 Å². The molecule has 14 heavy (non-hydrogen) atoms. The molecule has 0 spiro atoms. The van der Waals surface area contributed by atoms with Gasteiger partial charge in [0.15, 0.2) is 0 Å². The molecule has 0 saturated heterocycles. The molecule has 2 aromatic rings. The first kappa shape index (κ1) is 9.43. The molecule has 0 bridgehead atoms. The summed E-state index contributed by atoms with van der Waals surface area (Å²) >= 11 is 7.23. The van der Waals surface area contributed by atoms with Crippen molar-refractivity contribution in [2.45, 2.75) is 6.92 Å². The first-order valence-electron chi connectivity index (χ1n) is 4.02. The molecule has 0 aliphatic heterocycles. The van der Waals surface area contributed by atoms with E-state index in [-0.39, 0.29) is 0 Å². The SMILES string of the molecule is Cc1cc(Cl)ccc1-c1nnc(N)s1. The second-order valence-electron chi connectivity index (χ2n) is 2.90. The van der Waals surface area contributed by atoms with E-state index in [0.29, 0.717) is 5.13 Å². The van der Waals surface area contributed by atoms with Crippen molar-refractivity contribution < 1.29 is 0 Å². The Kier molecular flexibility index (Phi) is 2.39. The number of nitrogens with two attached hydrogens (primary N) is 1. The predicted molar refractivity (Wildman–Crippen MR) is 59.5 cm³/mol. The fraction of sp³-hybridized carbons (Fsp3) is 0.111. The lowest BCUT2D eigenvalue weighted by molar-refractivity contribution is 1.10. The van der Waals surface area contributed by atoms with Crippen LogP contribution in [0.25, 0.3) is 10.6 Å². The van der Waals surface area contributed by atoms with Crippen LogP contribution in [0.4, 0.5) is 5.13 Å². The first-order valence-corrected chi connectivity index (χ1v) is 5.22. The van der Waals surface area contributed by atoms with Crippen LogP contribution in [-0.4, -0.2) is 10.2 Å². The summed E-state index contributed by atoms with van der Waals surface area (Å²) in [7, 11) is 0. The normalized spacial score (nSPS) is 10.4. The topological polar surface area (TPSA) is 51.8 Å². The summed E-state index contributed by atoms with van der Waals surface area (Å²) < 4.78 is 0. The van der Waals surface area contributed by atoms with Crippen molar-refractivity contribution in [3.8, 4) is 10.6 Å². The highest BCUT2D eigenvalue weighted by atomic mass is 35.5. The average molecular weight is 226 g/mol. The molecule has 0 atom stereocenters. The fourth-order valence-corrected chi connectivity index (χ4v) is 2.14. The molecule has 0 radical (unpaired) electrons. The molecule has 0 fully saturated rings. The molecule has 1 heterocycles. The third kappa shape index (κ3) is 1.71. The molecular weight excluding hydrogens is 218 g/mol.